The summed E-state index contributed by atoms with van der Waals surface area (Å²) >= 11 is 0. The molecule has 0 aliphatic heterocycles. The van der Waals surface area contributed by atoms with E-state index in [0.717, 1.165) is 5.56 Å². The number of carboxylic acids is 1. The molecule has 1 aromatic rings. The summed E-state index contributed by atoms with van der Waals surface area (Å²) in [5.74, 6) is -1.04. The van der Waals surface area contributed by atoms with Gasteiger partial charge in [-0.15, -0.1) is 0 Å². The molecular formula is C10H16N4O3. The third-order valence-electron chi connectivity index (χ3n) is 2.38. The molecule has 2 unspecified atom stereocenters. The third kappa shape index (κ3) is 3.78. The molecule has 17 heavy (non-hydrogen) atoms. The van der Waals surface area contributed by atoms with Gasteiger partial charge in [0.05, 0.1) is 12.2 Å². The van der Waals surface area contributed by atoms with Crippen LogP contribution in [0.2, 0.25) is 0 Å². The van der Waals surface area contributed by atoms with Crippen LogP contribution in [0, 0.1) is 0 Å². The number of aliphatic carboxylic acids is 1. The summed E-state index contributed by atoms with van der Waals surface area (Å²) in [4.78, 5) is 22.2. The van der Waals surface area contributed by atoms with Crippen LogP contribution in [0.3, 0.4) is 0 Å². The summed E-state index contributed by atoms with van der Waals surface area (Å²) in [6.07, 6.45) is 3.60. The first-order chi connectivity index (χ1) is 8.04. The Morgan fingerprint density at radius 1 is 1.53 bits per heavy atom. The Bertz CT molecular complexity index is 377. The fraction of sp³-hybridized carbons (Fsp3) is 0.500. The lowest BCUT2D eigenvalue weighted by molar-refractivity contribution is -0.139. The van der Waals surface area contributed by atoms with Crippen molar-refractivity contribution in [2.75, 3.05) is 0 Å². The fourth-order valence-corrected chi connectivity index (χ4v) is 1.32. The predicted molar refractivity (Wildman–Crippen MR) is 60.4 cm³/mol. The van der Waals surface area contributed by atoms with Crippen molar-refractivity contribution in [2.45, 2.75) is 32.4 Å². The van der Waals surface area contributed by atoms with Crippen LogP contribution in [0.1, 0.15) is 31.9 Å². The summed E-state index contributed by atoms with van der Waals surface area (Å²) < 4.78 is 0. The molecule has 2 amide bonds. The van der Waals surface area contributed by atoms with E-state index in [-0.39, 0.29) is 6.04 Å². The standard InChI is InChI=1S/C10H16N4O3/c1-3-8(9(15)16)14-10(17)13-6(2)7-4-11-12-5-7/h4-6,8H,3H2,1-2H3,(H,11,12)(H,15,16)(H2,13,14,17). The predicted octanol–water partition coefficient (Wildman–Crippen LogP) is 0.633. The van der Waals surface area contributed by atoms with Crippen molar-refractivity contribution in [2.24, 2.45) is 0 Å². The minimum absolute atomic E-state index is 0.236. The Morgan fingerprint density at radius 3 is 2.71 bits per heavy atom. The second kappa shape index (κ2) is 5.88. The molecule has 7 nitrogen and oxygen atoms in total. The van der Waals surface area contributed by atoms with Crippen LogP contribution < -0.4 is 10.6 Å². The quantitative estimate of drug-likeness (QED) is 0.605. The van der Waals surface area contributed by atoms with Crippen molar-refractivity contribution in [3.63, 3.8) is 0 Å². The van der Waals surface area contributed by atoms with Crippen LogP contribution in [-0.2, 0) is 4.79 Å². The monoisotopic (exact) mass is 240 g/mol. The number of carbonyl (C=O) groups is 2. The summed E-state index contributed by atoms with van der Waals surface area (Å²) in [5.41, 5.74) is 0.823. The molecule has 0 spiro atoms. The maximum absolute atomic E-state index is 11.5. The van der Waals surface area contributed by atoms with E-state index in [1.54, 1.807) is 26.2 Å². The highest BCUT2D eigenvalue weighted by Gasteiger charge is 2.18. The van der Waals surface area contributed by atoms with Gasteiger partial charge >= 0.3 is 12.0 Å². The van der Waals surface area contributed by atoms with Crippen molar-refractivity contribution < 1.29 is 14.7 Å². The Morgan fingerprint density at radius 2 is 2.24 bits per heavy atom. The van der Waals surface area contributed by atoms with Crippen molar-refractivity contribution in [3.8, 4) is 0 Å². The fourth-order valence-electron chi connectivity index (χ4n) is 1.32. The zero-order chi connectivity index (χ0) is 12.8. The maximum Gasteiger partial charge on any atom is 0.326 e. The van der Waals surface area contributed by atoms with E-state index in [1.165, 1.54) is 0 Å². The molecular weight excluding hydrogens is 224 g/mol. The molecule has 2 atom stereocenters. The molecule has 1 aromatic heterocycles. The number of nitrogens with zero attached hydrogens (tertiary/aromatic N) is 1. The molecule has 0 saturated carbocycles. The van der Waals surface area contributed by atoms with Gasteiger partial charge < -0.3 is 15.7 Å². The Labute approximate surface area is 98.6 Å². The van der Waals surface area contributed by atoms with Gasteiger partial charge in [-0.1, -0.05) is 6.92 Å². The van der Waals surface area contributed by atoms with Gasteiger partial charge in [-0.2, -0.15) is 5.10 Å². The van der Waals surface area contributed by atoms with E-state index >= 15 is 0 Å². The van der Waals surface area contributed by atoms with Crippen LogP contribution in [0.25, 0.3) is 0 Å². The number of hydrogen-bond acceptors (Lipinski definition) is 3. The zero-order valence-corrected chi connectivity index (χ0v) is 9.73. The van der Waals surface area contributed by atoms with Crippen molar-refractivity contribution >= 4 is 12.0 Å². The highest BCUT2D eigenvalue weighted by Crippen LogP contribution is 2.08. The molecule has 0 fully saturated rings. The molecule has 0 aliphatic carbocycles. The first-order valence-corrected chi connectivity index (χ1v) is 5.33. The van der Waals surface area contributed by atoms with E-state index in [1.807, 2.05) is 0 Å². The number of hydrogen-bond donors (Lipinski definition) is 4. The average Bonchev–Trinajstić information content (AvgIpc) is 2.78. The number of urea groups is 1. The highest BCUT2D eigenvalue weighted by atomic mass is 16.4. The van der Waals surface area contributed by atoms with Gasteiger partial charge in [-0.05, 0) is 13.3 Å². The number of carboxylic acid groups (broad SMARTS) is 1. The normalized spacial score (nSPS) is 13.8. The first kappa shape index (κ1) is 13.0. The lowest BCUT2D eigenvalue weighted by Crippen LogP contribution is -2.46. The van der Waals surface area contributed by atoms with Crippen molar-refractivity contribution in [1.29, 1.82) is 0 Å². The lowest BCUT2D eigenvalue weighted by atomic mass is 10.2. The van der Waals surface area contributed by atoms with Gasteiger partial charge in [0.2, 0.25) is 0 Å². The van der Waals surface area contributed by atoms with Crippen molar-refractivity contribution in [3.05, 3.63) is 18.0 Å². The number of aromatic nitrogens is 2. The number of rotatable bonds is 5. The number of aromatic amines is 1. The number of amides is 2. The molecule has 0 bridgehead atoms. The van der Waals surface area contributed by atoms with Crippen LogP contribution in [0.5, 0.6) is 0 Å². The maximum atomic E-state index is 11.5. The molecule has 1 rings (SSSR count). The van der Waals surface area contributed by atoms with Gasteiger partial charge in [0.1, 0.15) is 6.04 Å². The zero-order valence-electron chi connectivity index (χ0n) is 9.73. The molecule has 0 saturated heterocycles. The van der Waals surface area contributed by atoms with Crippen LogP contribution in [0.4, 0.5) is 4.79 Å². The smallest absolute Gasteiger partial charge is 0.326 e. The van der Waals surface area contributed by atoms with Gasteiger partial charge in [-0.25, -0.2) is 9.59 Å². The van der Waals surface area contributed by atoms with E-state index in [4.69, 9.17) is 5.11 Å². The summed E-state index contributed by atoms with van der Waals surface area (Å²) in [6.45, 7) is 3.48. The Kier molecular flexibility index (Phi) is 4.50. The molecule has 0 aliphatic rings. The van der Waals surface area contributed by atoms with E-state index < -0.39 is 18.0 Å². The second-order valence-electron chi connectivity index (χ2n) is 3.67. The summed E-state index contributed by atoms with van der Waals surface area (Å²) in [5, 5.41) is 20.2. The SMILES string of the molecule is CCC(NC(=O)NC(C)c1cn[nH]c1)C(=O)O. The van der Waals surface area contributed by atoms with Crippen LogP contribution in [0.15, 0.2) is 12.4 Å². The average molecular weight is 240 g/mol. The molecule has 1 heterocycles. The Balaban J connectivity index is 2.47. The Hall–Kier alpha value is -2.05. The number of nitrogens with one attached hydrogen (secondary N) is 3. The minimum Gasteiger partial charge on any atom is -0.480 e. The van der Waals surface area contributed by atoms with E-state index in [2.05, 4.69) is 20.8 Å². The highest BCUT2D eigenvalue weighted by molar-refractivity contribution is 5.82. The van der Waals surface area contributed by atoms with Crippen LogP contribution in [-0.4, -0.2) is 33.3 Å². The largest absolute Gasteiger partial charge is 0.480 e. The lowest BCUT2D eigenvalue weighted by Gasteiger charge is -2.16. The van der Waals surface area contributed by atoms with Gasteiger partial charge in [0.15, 0.2) is 0 Å². The third-order valence-corrected chi connectivity index (χ3v) is 2.38. The first-order valence-electron chi connectivity index (χ1n) is 5.33. The van der Waals surface area contributed by atoms with Gasteiger partial charge in [0.25, 0.3) is 0 Å². The summed E-state index contributed by atoms with van der Waals surface area (Å²) in [6, 6.07) is -1.61. The molecule has 7 heteroatoms. The van der Waals surface area contributed by atoms with E-state index in [0.29, 0.717) is 6.42 Å². The molecule has 94 valence electrons. The molecule has 0 radical (unpaired) electrons. The number of H-pyrrole nitrogens is 1. The molecule has 0 aromatic carbocycles. The van der Waals surface area contributed by atoms with Crippen LogP contribution >= 0.6 is 0 Å². The van der Waals surface area contributed by atoms with Gasteiger partial charge in [0, 0.05) is 11.8 Å². The summed E-state index contributed by atoms with van der Waals surface area (Å²) in [7, 11) is 0. The van der Waals surface area contributed by atoms with Gasteiger partial charge in [-0.3, -0.25) is 5.10 Å². The second-order valence-corrected chi connectivity index (χ2v) is 3.67. The topological polar surface area (TPSA) is 107 Å². The van der Waals surface area contributed by atoms with Crippen molar-refractivity contribution in [1.82, 2.24) is 20.8 Å². The molecule has 4 N–H and O–H groups in total. The minimum atomic E-state index is -1.04. The number of carbonyl (C=O) groups excluding carboxylic acids is 1. The van der Waals surface area contributed by atoms with E-state index in [9.17, 15) is 9.59 Å².